The minimum Gasteiger partial charge on any atom is -0.378 e. The molecule has 0 atom stereocenters. The van der Waals surface area contributed by atoms with Crippen molar-refractivity contribution >= 4 is 21.5 Å². The number of nitro groups is 1. The Morgan fingerprint density at radius 1 is 1.15 bits per heavy atom. The van der Waals surface area contributed by atoms with E-state index in [1.807, 2.05) is 4.90 Å². The van der Waals surface area contributed by atoms with Crippen LogP contribution in [0.15, 0.2) is 33.6 Å². The molecule has 1 aromatic carbocycles. The number of nitro benzene ring substituents is 1. The molecule has 0 amide bonds. The molecule has 1 aliphatic heterocycles. The lowest BCUT2D eigenvalue weighted by Crippen LogP contribution is -2.44. The number of amidine groups is 1. The number of sulfonamides is 1. The summed E-state index contributed by atoms with van der Waals surface area (Å²) in [5.74, 6) is 0.686. The first-order chi connectivity index (χ1) is 13.0. The summed E-state index contributed by atoms with van der Waals surface area (Å²) in [6.45, 7) is 2.31. The molecule has 1 aromatic rings. The van der Waals surface area contributed by atoms with Crippen LogP contribution in [0.5, 0.6) is 0 Å². The Morgan fingerprint density at radius 2 is 1.81 bits per heavy atom. The van der Waals surface area contributed by atoms with Crippen molar-refractivity contribution in [2.24, 2.45) is 10.3 Å². The van der Waals surface area contributed by atoms with E-state index in [9.17, 15) is 18.5 Å². The van der Waals surface area contributed by atoms with Crippen LogP contribution in [0.1, 0.15) is 38.5 Å². The van der Waals surface area contributed by atoms with Crippen LogP contribution < -0.4 is 0 Å². The van der Waals surface area contributed by atoms with Crippen LogP contribution in [-0.4, -0.2) is 50.4 Å². The fourth-order valence-electron chi connectivity index (χ4n) is 3.65. The molecule has 0 radical (unpaired) electrons. The van der Waals surface area contributed by atoms with Crippen molar-refractivity contribution in [2.75, 3.05) is 26.3 Å². The Labute approximate surface area is 159 Å². The van der Waals surface area contributed by atoms with Crippen LogP contribution in [-0.2, 0) is 14.8 Å². The second-order valence-electron chi connectivity index (χ2n) is 6.97. The summed E-state index contributed by atoms with van der Waals surface area (Å²) in [5.41, 5.74) is -0.256. The minimum atomic E-state index is -4.03. The first kappa shape index (κ1) is 19.8. The fraction of sp³-hybridized carbons (Fsp3) is 0.611. The second kappa shape index (κ2) is 8.79. The lowest BCUT2D eigenvalue weighted by atomic mass is 9.98. The van der Waals surface area contributed by atoms with Crippen molar-refractivity contribution < 1.29 is 18.1 Å². The van der Waals surface area contributed by atoms with Gasteiger partial charge in [-0.3, -0.25) is 10.1 Å². The molecule has 148 valence electrons. The van der Waals surface area contributed by atoms with E-state index in [2.05, 4.69) is 4.40 Å². The summed E-state index contributed by atoms with van der Waals surface area (Å²) >= 11 is 0. The van der Waals surface area contributed by atoms with Gasteiger partial charge in [0.15, 0.2) is 0 Å². The molecule has 2 aliphatic rings. The summed E-state index contributed by atoms with van der Waals surface area (Å²) in [6.07, 6.45) is 6.27. The Kier molecular flexibility index (Phi) is 6.43. The predicted octanol–water partition coefficient (Wildman–Crippen LogP) is 2.98. The van der Waals surface area contributed by atoms with Crippen molar-refractivity contribution in [1.82, 2.24) is 4.90 Å². The van der Waals surface area contributed by atoms with E-state index in [-0.39, 0.29) is 16.5 Å². The molecular weight excluding hydrogens is 370 g/mol. The van der Waals surface area contributed by atoms with Crippen LogP contribution >= 0.6 is 0 Å². The number of rotatable bonds is 4. The molecule has 0 spiro atoms. The summed E-state index contributed by atoms with van der Waals surface area (Å²) in [4.78, 5) is 12.3. The molecule has 1 aliphatic carbocycles. The van der Waals surface area contributed by atoms with E-state index in [4.69, 9.17) is 4.74 Å². The molecule has 3 rings (SSSR count). The topological polar surface area (TPSA) is 102 Å². The zero-order valence-electron chi connectivity index (χ0n) is 15.2. The van der Waals surface area contributed by atoms with Crippen molar-refractivity contribution in [1.29, 1.82) is 0 Å². The molecule has 0 unspecified atom stereocenters. The van der Waals surface area contributed by atoms with Gasteiger partial charge in [0, 0.05) is 31.1 Å². The standard InChI is InChI=1S/C18H25N3O5S/c22-21(23)16-8-5-9-17(14-16)27(24,25)19-18(20-10-12-26-13-11-20)15-6-3-1-2-4-7-15/h5,8-9,14-15H,1-4,6-7,10-13H2/b19-18-. The zero-order chi connectivity index (χ0) is 19.3. The monoisotopic (exact) mass is 395 g/mol. The van der Waals surface area contributed by atoms with Crippen LogP contribution in [0.3, 0.4) is 0 Å². The number of ether oxygens (including phenoxy) is 1. The number of non-ortho nitro benzene ring substituents is 1. The maximum atomic E-state index is 12.9. The maximum Gasteiger partial charge on any atom is 0.284 e. The zero-order valence-corrected chi connectivity index (χ0v) is 16.1. The summed E-state index contributed by atoms with van der Waals surface area (Å²) in [6, 6.07) is 5.08. The first-order valence-corrected chi connectivity index (χ1v) is 10.8. The molecule has 9 heteroatoms. The highest BCUT2D eigenvalue weighted by molar-refractivity contribution is 7.90. The van der Waals surface area contributed by atoms with Crippen LogP contribution in [0.4, 0.5) is 5.69 Å². The van der Waals surface area contributed by atoms with Gasteiger partial charge >= 0.3 is 0 Å². The van der Waals surface area contributed by atoms with Crippen LogP contribution in [0, 0.1) is 16.0 Å². The van der Waals surface area contributed by atoms with Gasteiger partial charge in [-0.1, -0.05) is 31.7 Å². The van der Waals surface area contributed by atoms with Crippen molar-refractivity contribution in [3.05, 3.63) is 34.4 Å². The van der Waals surface area contributed by atoms with E-state index < -0.39 is 14.9 Å². The quantitative estimate of drug-likeness (QED) is 0.255. The van der Waals surface area contributed by atoms with Gasteiger partial charge in [-0.25, -0.2) is 0 Å². The first-order valence-electron chi connectivity index (χ1n) is 9.39. The van der Waals surface area contributed by atoms with Gasteiger partial charge in [-0.15, -0.1) is 4.40 Å². The normalized spacial score (nSPS) is 20.3. The average molecular weight is 395 g/mol. The second-order valence-corrected chi connectivity index (χ2v) is 8.57. The minimum absolute atomic E-state index is 0.0964. The summed E-state index contributed by atoms with van der Waals surface area (Å²) in [7, 11) is -4.03. The lowest BCUT2D eigenvalue weighted by molar-refractivity contribution is -0.385. The molecule has 27 heavy (non-hydrogen) atoms. The fourth-order valence-corrected chi connectivity index (χ4v) is 4.79. The average Bonchev–Trinajstić information content (AvgIpc) is 2.96. The molecule has 1 saturated carbocycles. The van der Waals surface area contributed by atoms with Gasteiger partial charge in [-0.2, -0.15) is 8.42 Å². The molecule has 0 aromatic heterocycles. The van der Waals surface area contributed by atoms with Gasteiger partial charge in [-0.05, 0) is 18.9 Å². The van der Waals surface area contributed by atoms with Crippen molar-refractivity contribution in [3.8, 4) is 0 Å². The largest absolute Gasteiger partial charge is 0.378 e. The number of hydrogen-bond acceptors (Lipinski definition) is 5. The predicted molar refractivity (Wildman–Crippen MR) is 101 cm³/mol. The Hall–Kier alpha value is -2.00. The third-order valence-electron chi connectivity index (χ3n) is 5.10. The van der Waals surface area contributed by atoms with Crippen molar-refractivity contribution in [3.63, 3.8) is 0 Å². The highest BCUT2D eigenvalue weighted by atomic mass is 32.2. The molecule has 1 saturated heterocycles. The molecule has 2 fully saturated rings. The van der Waals surface area contributed by atoms with Gasteiger partial charge in [0.05, 0.1) is 23.0 Å². The van der Waals surface area contributed by atoms with Crippen LogP contribution in [0.2, 0.25) is 0 Å². The van der Waals surface area contributed by atoms with Gasteiger partial charge in [0.1, 0.15) is 5.84 Å². The van der Waals surface area contributed by atoms with E-state index in [1.54, 1.807) is 0 Å². The van der Waals surface area contributed by atoms with E-state index in [0.29, 0.717) is 32.1 Å². The SMILES string of the molecule is O=[N+]([O-])c1cccc(S(=O)(=O)/N=C(/C2CCCCCC2)N2CCOCC2)c1. The number of benzene rings is 1. The molecule has 1 heterocycles. The number of morpholine rings is 1. The molecule has 0 bridgehead atoms. The summed E-state index contributed by atoms with van der Waals surface area (Å²) in [5, 5.41) is 11.0. The van der Waals surface area contributed by atoms with Gasteiger partial charge in [0.2, 0.25) is 0 Å². The Balaban J connectivity index is 1.97. The Morgan fingerprint density at radius 3 is 2.44 bits per heavy atom. The Bertz CT molecular complexity index is 795. The highest BCUT2D eigenvalue weighted by Gasteiger charge is 2.28. The summed E-state index contributed by atoms with van der Waals surface area (Å²) < 4.78 is 35.4. The third-order valence-corrected chi connectivity index (χ3v) is 6.37. The highest BCUT2D eigenvalue weighted by Crippen LogP contribution is 2.28. The number of hydrogen-bond donors (Lipinski definition) is 0. The molecular formula is C18H25N3O5S. The molecule has 8 nitrogen and oxygen atoms in total. The van der Waals surface area contributed by atoms with Gasteiger partial charge < -0.3 is 9.64 Å². The van der Waals surface area contributed by atoms with E-state index in [0.717, 1.165) is 44.6 Å². The van der Waals surface area contributed by atoms with E-state index >= 15 is 0 Å². The maximum absolute atomic E-state index is 12.9. The molecule has 0 N–H and O–H groups in total. The lowest BCUT2D eigenvalue weighted by Gasteiger charge is -2.33. The van der Waals surface area contributed by atoms with Gasteiger partial charge in [0.25, 0.3) is 15.7 Å². The third kappa shape index (κ3) is 5.04. The van der Waals surface area contributed by atoms with E-state index in [1.165, 1.54) is 18.2 Å². The van der Waals surface area contributed by atoms with Crippen LogP contribution in [0.25, 0.3) is 0 Å². The number of nitrogens with zero attached hydrogens (tertiary/aromatic N) is 3. The van der Waals surface area contributed by atoms with Crippen molar-refractivity contribution in [2.45, 2.75) is 43.4 Å². The smallest absolute Gasteiger partial charge is 0.284 e.